The van der Waals surface area contributed by atoms with E-state index in [2.05, 4.69) is 36.5 Å². The second-order valence-electron chi connectivity index (χ2n) is 7.49. The first-order valence-corrected chi connectivity index (χ1v) is 11.3. The number of hydrazone groups is 1. The van der Waals surface area contributed by atoms with Gasteiger partial charge < -0.3 is 4.90 Å². The van der Waals surface area contributed by atoms with E-state index in [-0.39, 0.29) is 19.0 Å². The lowest BCUT2D eigenvalue weighted by atomic mass is 10.0. The molecule has 2 aromatic carbocycles. The van der Waals surface area contributed by atoms with Crippen molar-refractivity contribution in [1.82, 2.24) is 15.2 Å². The normalized spacial score (nSPS) is 13.6. The first-order valence-electron chi connectivity index (χ1n) is 10.5. The van der Waals surface area contributed by atoms with E-state index in [1.807, 2.05) is 68.6 Å². The number of anilines is 1. The fourth-order valence-corrected chi connectivity index (χ4v) is 3.94. The molecule has 0 spiro atoms. The van der Waals surface area contributed by atoms with Gasteiger partial charge in [0.25, 0.3) is 5.91 Å². The van der Waals surface area contributed by atoms with Crippen LogP contribution in [0, 0.1) is 6.92 Å². The third-order valence-electron chi connectivity index (χ3n) is 5.23. The topological polar surface area (TPSA) is 92.0 Å². The van der Waals surface area contributed by atoms with Gasteiger partial charge in [-0.1, -0.05) is 46.3 Å². The summed E-state index contributed by atoms with van der Waals surface area (Å²) in [7, 11) is 0. The third kappa shape index (κ3) is 5.09. The monoisotopic (exact) mass is 506 g/mol. The number of fused-ring (bicyclic) bond motifs is 1. The van der Waals surface area contributed by atoms with E-state index in [1.165, 1.54) is 4.90 Å². The summed E-state index contributed by atoms with van der Waals surface area (Å²) in [4.78, 5) is 31.6. The molecule has 0 saturated carbocycles. The van der Waals surface area contributed by atoms with Gasteiger partial charge >= 0.3 is 0 Å². The van der Waals surface area contributed by atoms with E-state index in [0.717, 1.165) is 33.4 Å². The zero-order valence-corrected chi connectivity index (χ0v) is 19.9. The average Bonchev–Trinajstić information content (AvgIpc) is 3.12. The minimum atomic E-state index is -0.405. The van der Waals surface area contributed by atoms with Crippen LogP contribution in [0.3, 0.4) is 0 Å². The second kappa shape index (κ2) is 9.91. The molecule has 0 fully saturated rings. The molecule has 1 aliphatic heterocycles. The maximum atomic E-state index is 12.9. The summed E-state index contributed by atoms with van der Waals surface area (Å²) in [6.07, 6.45) is 3.41. The van der Waals surface area contributed by atoms with Crippen molar-refractivity contribution >= 4 is 45.4 Å². The SMILES string of the molecule is CCn1cc(/C=N\NC(=O)CN2C(=O)CN=C(c3ccccc3)c3cc(Br)ccc32)c(C)n1. The van der Waals surface area contributed by atoms with Crippen molar-refractivity contribution in [1.29, 1.82) is 0 Å². The predicted octanol–water partition coefficient (Wildman–Crippen LogP) is 3.31. The van der Waals surface area contributed by atoms with Crippen LogP contribution >= 0.6 is 15.9 Å². The summed E-state index contributed by atoms with van der Waals surface area (Å²) in [6, 6.07) is 15.3. The Morgan fingerprint density at radius 1 is 1.24 bits per heavy atom. The van der Waals surface area contributed by atoms with Crippen LogP contribution in [-0.2, 0) is 16.1 Å². The van der Waals surface area contributed by atoms with Crippen molar-refractivity contribution in [3.63, 3.8) is 0 Å². The highest BCUT2D eigenvalue weighted by atomic mass is 79.9. The van der Waals surface area contributed by atoms with E-state index >= 15 is 0 Å². The first-order chi connectivity index (χ1) is 16.0. The molecule has 8 nitrogen and oxygen atoms in total. The molecule has 2 heterocycles. The molecule has 4 rings (SSSR count). The Balaban J connectivity index is 1.56. The van der Waals surface area contributed by atoms with Crippen molar-refractivity contribution < 1.29 is 9.59 Å². The molecule has 0 bridgehead atoms. The van der Waals surface area contributed by atoms with Crippen molar-refractivity contribution in [3.05, 3.63) is 81.6 Å². The number of nitrogens with zero attached hydrogens (tertiary/aromatic N) is 5. The third-order valence-corrected chi connectivity index (χ3v) is 5.72. The molecule has 0 unspecified atom stereocenters. The van der Waals surface area contributed by atoms with Crippen molar-refractivity contribution in [2.75, 3.05) is 18.0 Å². The second-order valence-corrected chi connectivity index (χ2v) is 8.41. The van der Waals surface area contributed by atoms with Crippen LogP contribution < -0.4 is 10.3 Å². The van der Waals surface area contributed by atoms with Gasteiger partial charge in [0.05, 0.1) is 23.3 Å². The number of carbonyl (C=O) groups excluding carboxylic acids is 2. The summed E-state index contributed by atoms with van der Waals surface area (Å²) < 4.78 is 2.66. The lowest BCUT2D eigenvalue weighted by Gasteiger charge is -2.22. The van der Waals surface area contributed by atoms with Gasteiger partial charge in [-0.15, -0.1) is 0 Å². The van der Waals surface area contributed by atoms with Gasteiger partial charge in [0.1, 0.15) is 13.1 Å². The Hall–Kier alpha value is -3.59. The Morgan fingerprint density at radius 2 is 2.03 bits per heavy atom. The molecular formula is C24H23BrN6O2. The van der Waals surface area contributed by atoms with Crippen LogP contribution in [0.25, 0.3) is 0 Å². The summed E-state index contributed by atoms with van der Waals surface area (Å²) in [5.74, 6) is -0.666. The van der Waals surface area contributed by atoms with Gasteiger partial charge in [0.2, 0.25) is 5.91 Å². The van der Waals surface area contributed by atoms with Gasteiger partial charge in [0, 0.05) is 33.9 Å². The van der Waals surface area contributed by atoms with Crippen LogP contribution in [0.1, 0.15) is 29.3 Å². The zero-order valence-electron chi connectivity index (χ0n) is 18.3. The fraction of sp³-hybridized carbons (Fsp3) is 0.208. The maximum absolute atomic E-state index is 12.9. The molecule has 9 heteroatoms. The molecule has 1 aliphatic rings. The molecule has 33 heavy (non-hydrogen) atoms. The van der Waals surface area contributed by atoms with Crippen LogP contribution in [0.5, 0.6) is 0 Å². The van der Waals surface area contributed by atoms with Crippen LogP contribution in [-0.4, -0.2) is 46.6 Å². The first kappa shape index (κ1) is 22.6. The zero-order chi connectivity index (χ0) is 23.4. The number of nitrogens with one attached hydrogen (secondary N) is 1. The number of rotatable bonds is 6. The highest BCUT2D eigenvalue weighted by Crippen LogP contribution is 2.29. The highest BCUT2D eigenvalue weighted by molar-refractivity contribution is 9.10. The van der Waals surface area contributed by atoms with E-state index in [9.17, 15) is 9.59 Å². The van der Waals surface area contributed by atoms with E-state index in [0.29, 0.717) is 11.4 Å². The number of benzene rings is 2. The predicted molar refractivity (Wildman–Crippen MR) is 132 cm³/mol. The quantitative estimate of drug-likeness (QED) is 0.410. The molecular weight excluding hydrogens is 484 g/mol. The number of benzodiazepines with no additional fused rings is 1. The smallest absolute Gasteiger partial charge is 0.260 e. The molecule has 2 amide bonds. The standard InChI is InChI=1S/C24H23BrN6O2/c1-3-30-14-18(16(2)29-30)12-27-28-22(32)15-31-21-10-9-19(25)11-20(21)24(26-13-23(31)33)17-7-5-4-6-8-17/h4-12,14H,3,13,15H2,1-2H3,(H,28,32)/b27-12-. The van der Waals surface area contributed by atoms with Gasteiger partial charge in [0.15, 0.2) is 0 Å². The summed E-state index contributed by atoms with van der Waals surface area (Å²) in [5.41, 5.74) is 7.18. The molecule has 1 aromatic heterocycles. The Labute approximate surface area is 200 Å². The van der Waals surface area contributed by atoms with Crippen molar-refractivity contribution in [2.24, 2.45) is 10.1 Å². The molecule has 0 saturated heterocycles. The molecule has 0 radical (unpaired) electrons. The minimum Gasteiger partial charge on any atom is -0.301 e. The summed E-state index contributed by atoms with van der Waals surface area (Å²) >= 11 is 3.51. The Kier molecular flexibility index (Phi) is 6.79. The lowest BCUT2D eigenvalue weighted by molar-refractivity contribution is -0.123. The molecule has 1 N–H and O–H groups in total. The maximum Gasteiger partial charge on any atom is 0.260 e. The van der Waals surface area contributed by atoms with Gasteiger partial charge in [-0.05, 0) is 32.0 Å². The number of hydrogen-bond donors (Lipinski definition) is 1. The summed E-state index contributed by atoms with van der Waals surface area (Å²) in [5, 5.41) is 8.39. The highest BCUT2D eigenvalue weighted by Gasteiger charge is 2.27. The molecule has 168 valence electrons. The van der Waals surface area contributed by atoms with E-state index in [1.54, 1.807) is 10.9 Å². The number of aromatic nitrogens is 2. The van der Waals surface area contributed by atoms with Gasteiger partial charge in [-0.25, -0.2) is 5.43 Å². The Morgan fingerprint density at radius 3 is 2.76 bits per heavy atom. The lowest BCUT2D eigenvalue weighted by Crippen LogP contribution is -2.40. The molecule has 0 atom stereocenters. The van der Waals surface area contributed by atoms with Crippen LogP contribution in [0.4, 0.5) is 5.69 Å². The van der Waals surface area contributed by atoms with Gasteiger partial charge in [-0.3, -0.25) is 19.3 Å². The van der Waals surface area contributed by atoms with Gasteiger partial charge in [-0.2, -0.15) is 10.2 Å². The minimum absolute atomic E-state index is 0.0531. The van der Waals surface area contributed by atoms with Crippen LogP contribution in [0.2, 0.25) is 0 Å². The Bertz CT molecular complexity index is 1250. The van der Waals surface area contributed by atoms with Crippen LogP contribution in [0.15, 0.2) is 69.3 Å². The van der Waals surface area contributed by atoms with E-state index in [4.69, 9.17) is 0 Å². The number of hydrogen-bond acceptors (Lipinski definition) is 5. The number of carbonyl (C=O) groups is 2. The van der Waals surface area contributed by atoms with E-state index < -0.39 is 5.91 Å². The molecule has 3 aromatic rings. The van der Waals surface area contributed by atoms with Crippen molar-refractivity contribution in [3.8, 4) is 0 Å². The number of halogens is 1. The largest absolute Gasteiger partial charge is 0.301 e. The van der Waals surface area contributed by atoms with Crippen molar-refractivity contribution in [2.45, 2.75) is 20.4 Å². The average molecular weight is 507 g/mol. The summed E-state index contributed by atoms with van der Waals surface area (Å²) in [6.45, 7) is 4.40. The number of amides is 2. The molecule has 0 aliphatic carbocycles. The fourth-order valence-electron chi connectivity index (χ4n) is 3.58. The number of aryl methyl sites for hydroxylation is 2. The number of aliphatic imine (C=N–C) groups is 1.